The highest BCUT2D eigenvalue weighted by atomic mass is 16.5. The van der Waals surface area contributed by atoms with E-state index < -0.39 is 11.4 Å². The van der Waals surface area contributed by atoms with Crippen LogP contribution in [0.5, 0.6) is 0 Å². The summed E-state index contributed by atoms with van der Waals surface area (Å²) in [5.41, 5.74) is 0.496. The van der Waals surface area contributed by atoms with Gasteiger partial charge in [0.2, 0.25) is 0 Å². The van der Waals surface area contributed by atoms with Gasteiger partial charge >= 0.3 is 5.97 Å². The lowest BCUT2D eigenvalue weighted by atomic mass is 9.79. The Morgan fingerprint density at radius 2 is 2.05 bits per heavy atom. The number of rotatable bonds is 6. The van der Waals surface area contributed by atoms with Crippen molar-refractivity contribution in [2.45, 2.75) is 26.3 Å². The molecular weight excluding hydrogens is 256 g/mol. The molecule has 2 rings (SSSR count). The minimum absolute atomic E-state index is 0.541. The van der Waals surface area contributed by atoms with E-state index in [1.165, 1.54) is 0 Å². The highest BCUT2D eigenvalue weighted by molar-refractivity contribution is 5.75. The molecule has 1 aliphatic rings. The van der Waals surface area contributed by atoms with E-state index >= 15 is 0 Å². The zero-order valence-electron chi connectivity index (χ0n) is 11.9. The fourth-order valence-corrected chi connectivity index (χ4v) is 2.66. The number of carboxylic acid groups (broad SMARTS) is 1. The number of hydrogen-bond donors (Lipinski definition) is 1. The predicted octanol–water partition coefficient (Wildman–Crippen LogP) is 1.78. The maximum Gasteiger partial charge on any atom is 0.311 e. The van der Waals surface area contributed by atoms with Crippen molar-refractivity contribution >= 4 is 5.97 Å². The first-order valence-electron chi connectivity index (χ1n) is 7.09. The third kappa shape index (κ3) is 3.55. The summed E-state index contributed by atoms with van der Waals surface area (Å²) in [5, 5.41) is 9.61. The Morgan fingerprint density at radius 3 is 2.60 bits per heavy atom. The largest absolute Gasteiger partial charge is 0.481 e. The first kappa shape index (κ1) is 14.9. The topological polar surface area (TPSA) is 62.7 Å². The molecule has 0 atom stereocenters. The number of carboxylic acids is 1. The van der Waals surface area contributed by atoms with Gasteiger partial charge in [0.25, 0.3) is 0 Å². The van der Waals surface area contributed by atoms with Crippen molar-refractivity contribution in [3.05, 3.63) is 30.1 Å². The van der Waals surface area contributed by atoms with Gasteiger partial charge in [-0.3, -0.25) is 14.7 Å². The van der Waals surface area contributed by atoms with E-state index in [2.05, 4.69) is 16.8 Å². The zero-order valence-corrected chi connectivity index (χ0v) is 11.9. The van der Waals surface area contributed by atoms with Crippen molar-refractivity contribution in [1.29, 1.82) is 0 Å². The Bertz CT molecular complexity index is 430. The smallest absolute Gasteiger partial charge is 0.311 e. The van der Waals surface area contributed by atoms with E-state index in [-0.39, 0.29) is 0 Å². The lowest BCUT2D eigenvalue weighted by Gasteiger charge is -2.37. The van der Waals surface area contributed by atoms with Crippen LogP contribution in [0.3, 0.4) is 0 Å². The number of nitrogens with zero attached hydrogens (tertiary/aromatic N) is 2. The number of ether oxygens (including phenoxy) is 1. The quantitative estimate of drug-likeness (QED) is 0.859. The first-order valence-corrected chi connectivity index (χ1v) is 7.09. The summed E-state index contributed by atoms with van der Waals surface area (Å²) in [5.74, 6) is -0.700. The summed E-state index contributed by atoms with van der Waals surface area (Å²) in [6, 6.07) is 3.94. The van der Waals surface area contributed by atoms with Crippen LogP contribution in [0.1, 0.15) is 25.3 Å². The first-order chi connectivity index (χ1) is 9.66. The summed E-state index contributed by atoms with van der Waals surface area (Å²) in [6.07, 6.45) is 4.72. The van der Waals surface area contributed by atoms with Crippen molar-refractivity contribution in [2.24, 2.45) is 5.41 Å². The van der Waals surface area contributed by atoms with Crippen LogP contribution in [0.2, 0.25) is 0 Å². The average Bonchev–Trinajstić information content (AvgIpc) is 2.48. The molecule has 1 aromatic rings. The molecule has 0 unspecified atom stereocenters. The number of aliphatic carboxylic acids is 1. The third-order valence-corrected chi connectivity index (χ3v) is 4.03. The Kier molecular flexibility index (Phi) is 5.09. The van der Waals surface area contributed by atoms with Gasteiger partial charge < -0.3 is 9.84 Å². The second-order valence-electron chi connectivity index (χ2n) is 5.36. The fraction of sp³-hybridized carbons (Fsp3) is 0.600. The highest BCUT2D eigenvalue weighted by Crippen LogP contribution is 2.32. The Labute approximate surface area is 119 Å². The molecule has 1 N–H and O–H groups in total. The molecule has 1 aliphatic heterocycles. The Balaban J connectivity index is 2.05. The monoisotopic (exact) mass is 278 g/mol. The normalized spacial score (nSPS) is 18.1. The summed E-state index contributed by atoms with van der Waals surface area (Å²) in [6.45, 7) is 5.31. The number of aromatic nitrogens is 1. The molecule has 0 radical (unpaired) electrons. The number of pyridine rings is 1. The molecular formula is C15H22N2O3. The van der Waals surface area contributed by atoms with E-state index in [1.54, 1.807) is 12.4 Å². The standard InChI is InChI=1S/C15H22N2O3/c1-2-17(11-13-3-7-16-8-4-13)12-15(14(18)19)5-9-20-10-6-15/h3-4,7-8H,2,5-6,9-12H2,1H3,(H,18,19). The van der Waals surface area contributed by atoms with Crippen molar-refractivity contribution in [3.8, 4) is 0 Å². The van der Waals surface area contributed by atoms with E-state index in [4.69, 9.17) is 4.74 Å². The van der Waals surface area contributed by atoms with Gasteiger partial charge in [-0.25, -0.2) is 0 Å². The molecule has 0 bridgehead atoms. The van der Waals surface area contributed by atoms with E-state index in [1.807, 2.05) is 12.1 Å². The molecule has 20 heavy (non-hydrogen) atoms. The van der Waals surface area contributed by atoms with Crippen LogP contribution in [0, 0.1) is 5.41 Å². The molecule has 5 nitrogen and oxygen atoms in total. The second kappa shape index (κ2) is 6.81. The van der Waals surface area contributed by atoms with Crippen LogP contribution in [-0.2, 0) is 16.1 Å². The molecule has 110 valence electrons. The summed E-state index contributed by atoms with van der Waals surface area (Å²) < 4.78 is 5.32. The van der Waals surface area contributed by atoms with Gasteiger partial charge in [-0.1, -0.05) is 6.92 Å². The number of hydrogen-bond acceptors (Lipinski definition) is 4. The Hall–Kier alpha value is -1.46. The van der Waals surface area contributed by atoms with Gasteiger partial charge in [-0.15, -0.1) is 0 Å². The van der Waals surface area contributed by atoms with Crippen molar-refractivity contribution in [2.75, 3.05) is 26.3 Å². The molecule has 0 saturated carbocycles. The summed E-state index contributed by atoms with van der Waals surface area (Å²) in [7, 11) is 0. The van der Waals surface area contributed by atoms with Crippen molar-refractivity contribution in [3.63, 3.8) is 0 Å². The average molecular weight is 278 g/mol. The van der Waals surface area contributed by atoms with Crippen LogP contribution in [0.4, 0.5) is 0 Å². The maximum absolute atomic E-state index is 11.7. The van der Waals surface area contributed by atoms with Gasteiger partial charge in [-0.2, -0.15) is 0 Å². The van der Waals surface area contributed by atoms with Gasteiger partial charge in [0.15, 0.2) is 0 Å². The van der Waals surface area contributed by atoms with Crippen LogP contribution in [0.15, 0.2) is 24.5 Å². The SMILES string of the molecule is CCN(Cc1ccncc1)CC1(C(=O)O)CCOCC1. The highest BCUT2D eigenvalue weighted by Gasteiger charge is 2.41. The minimum atomic E-state index is -0.700. The molecule has 5 heteroatoms. The maximum atomic E-state index is 11.7. The lowest BCUT2D eigenvalue weighted by Crippen LogP contribution is -2.46. The zero-order chi connectivity index (χ0) is 14.4. The van der Waals surface area contributed by atoms with Crippen LogP contribution < -0.4 is 0 Å². The molecule has 2 heterocycles. The van der Waals surface area contributed by atoms with Crippen molar-refractivity contribution in [1.82, 2.24) is 9.88 Å². The molecule has 1 saturated heterocycles. The minimum Gasteiger partial charge on any atom is -0.481 e. The number of carbonyl (C=O) groups is 1. The second-order valence-corrected chi connectivity index (χ2v) is 5.36. The predicted molar refractivity (Wildman–Crippen MR) is 75.3 cm³/mol. The molecule has 1 aromatic heterocycles. The van der Waals surface area contributed by atoms with Gasteiger partial charge in [0.05, 0.1) is 5.41 Å². The van der Waals surface area contributed by atoms with Crippen LogP contribution in [-0.4, -0.2) is 47.3 Å². The summed E-state index contributed by atoms with van der Waals surface area (Å²) >= 11 is 0. The van der Waals surface area contributed by atoms with Gasteiger partial charge in [0.1, 0.15) is 0 Å². The molecule has 1 fully saturated rings. The van der Waals surface area contributed by atoms with E-state index in [0.29, 0.717) is 32.6 Å². The van der Waals surface area contributed by atoms with Gasteiger partial charge in [0, 0.05) is 38.7 Å². The third-order valence-electron chi connectivity index (χ3n) is 4.03. The molecule has 0 aromatic carbocycles. The molecule has 0 amide bonds. The fourth-order valence-electron chi connectivity index (χ4n) is 2.66. The van der Waals surface area contributed by atoms with Crippen molar-refractivity contribution < 1.29 is 14.6 Å². The molecule has 0 aliphatic carbocycles. The lowest BCUT2D eigenvalue weighted by molar-refractivity contribution is -0.156. The Morgan fingerprint density at radius 1 is 1.40 bits per heavy atom. The van der Waals surface area contributed by atoms with E-state index in [0.717, 1.165) is 18.7 Å². The van der Waals surface area contributed by atoms with Crippen LogP contribution >= 0.6 is 0 Å². The van der Waals surface area contributed by atoms with Gasteiger partial charge in [-0.05, 0) is 37.1 Å². The summed E-state index contributed by atoms with van der Waals surface area (Å²) in [4.78, 5) is 17.9. The molecule has 0 spiro atoms. The van der Waals surface area contributed by atoms with Crippen LogP contribution in [0.25, 0.3) is 0 Å². The van der Waals surface area contributed by atoms with E-state index in [9.17, 15) is 9.90 Å².